The molecule has 1 aromatic carbocycles. The Labute approximate surface area is 119 Å². The van der Waals surface area contributed by atoms with Gasteiger partial charge in [0, 0.05) is 29.8 Å². The van der Waals surface area contributed by atoms with Gasteiger partial charge in [-0.1, -0.05) is 13.8 Å². The molecule has 1 amide bonds. The second-order valence-corrected chi connectivity index (χ2v) is 5.03. The minimum Gasteiger partial charge on any atom is -0.333 e. The zero-order chi connectivity index (χ0) is 15.3. The summed E-state index contributed by atoms with van der Waals surface area (Å²) >= 11 is 0. The maximum Gasteiger partial charge on any atom is 0.269 e. The highest BCUT2D eigenvalue weighted by Crippen LogP contribution is 2.18. The van der Waals surface area contributed by atoms with Gasteiger partial charge < -0.3 is 4.90 Å². The van der Waals surface area contributed by atoms with Crippen LogP contribution in [0, 0.1) is 10.1 Å². The minimum absolute atomic E-state index is 0.000167. The Morgan fingerprint density at radius 2 is 1.60 bits per heavy atom. The molecule has 0 unspecified atom stereocenters. The summed E-state index contributed by atoms with van der Waals surface area (Å²) in [4.78, 5) is 24.6. The zero-order valence-corrected chi connectivity index (χ0v) is 12.5. The Hall–Kier alpha value is -1.91. The lowest BCUT2D eigenvalue weighted by Gasteiger charge is -2.34. The van der Waals surface area contributed by atoms with Gasteiger partial charge in [-0.15, -0.1) is 0 Å². The van der Waals surface area contributed by atoms with Gasteiger partial charge in [0.1, 0.15) is 0 Å². The molecule has 0 bridgehead atoms. The molecule has 0 heterocycles. The largest absolute Gasteiger partial charge is 0.333 e. The molecule has 0 aliphatic carbocycles. The molecule has 0 fully saturated rings. The Kier molecular flexibility index (Phi) is 5.67. The molecule has 0 N–H and O–H groups in total. The summed E-state index contributed by atoms with van der Waals surface area (Å²) in [5.41, 5.74) is 0.497. The number of amides is 1. The molecule has 0 aromatic heterocycles. The van der Waals surface area contributed by atoms with E-state index in [4.69, 9.17) is 0 Å². The molecule has 1 rings (SSSR count). The van der Waals surface area contributed by atoms with Crippen molar-refractivity contribution in [3.05, 3.63) is 39.9 Å². The SMILES string of the molecule is CC[C@@H](C)N(C(=O)c1ccc([N+](=O)[O-])cc1)[C@@H](C)CC. The molecule has 5 nitrogen and oxygen atoms in total. The highest BCUT2D eigenvalue weighted by molar-refractivity contribution is 5.94. The third kappa shape index (κ3) is 3.56. The molecule has 0 radical (unpaired) electrons. The average Bonchev–Trinajstić information content (AvgIpc) is 2.46. The van der Waals surface area contributed by atoms with Crippen molar-refractivity contribution in [3.8, 4) is 0 Å². The van der Waals surface area contributed by atoms with Gasteiger partial charge in [-0.05, 0) is 38.8 Å². The van der Waals surface area contributed by atoms with Gasteiger partial charge in [0.2, 0.25) is 0 Å². The Morgan fingerprint density at radius 3 is 1.95 bits per heavy atom. The lowest BCUT2D eigenvalue weighted by atomic mass is 10.1. The minimum atomic E-state index is -0.463. The van der Waals surface area contributed by atoms with Crippen molar-refractivity contribution >= 4 is 11.6 Å². The number of carbonyl (C=O) groups excluding carboxylic acids is 1. The van der Waals surface area contributed by atoms with Crippen LogP contribution < -0.4 is 0 Å². The van der Waals surface area contributed by atoms with Gasteiger partial charge in [0.05, 0.1) is 4.92 Å². The predicted octanol–water partition coefficient (Wildman–Crippen LogP) is 3.63. The van der Waals surface area contributed by atoms with Crippen molar-refractivity contribution < 1.29 is 9.72 Å². The van der Waals surface area contributed by atoms with Crippen LogP contribution in [-0.4, -0.2) is 27.8 Å². The number of rotatable bonds is 6. The molecule has 2 atom stereocenters. The maximum absolute atomic E-state index is 12.6. The molecule has 0 spiro atoms. The average molecular weight is 278 g/mol. The van der Waals surface area contributed by atoms with Crippen molar-refractivity contribution in [2.75, 3.05) is 0 Å². The number of carbonyl (C=O) groups is 1. The number of hydrogen-bond acceptors (Lipinski definition) is 3. The van der Waals surface area contributed by atoms with E-state index in [2.05, 4.69) is 0 Å². The van der Waals surface area contributed by atoms with E-state index in [1.54, 1.807) is 0 Å². The first-order chi connectivity index (χ1) is 9.42. The van der Waals surface area contributed by atoms with E-state index in [1.165, 1.54) is 24.3 Å². The number of hydrogen-bond donors (Lipinski definition) is 0. The van der Waals surface area contributed by atoms with Crippen molar-refractivity contribution in [2.24, 2.45) is 0 Å². The summed E-state index contributed by atoms with van der Waals surface area (Å²) in [6, 6.07) is 6.09. The summed E-state index contributed by atoms with van der Waals surface area (Å²) in [7, 11) is 0. The van der Waals surface area contributed by atoms with Crippen LogP contribution in [0.1, 0.15) is 50.9 Å². The lowest BCUT2D eigenvalue weighted by Crippen LogP contribution is -2.44. The van der Waals surface area contributed by atoms with Gasteiger partial charge in [0.15, 0.2) is 0 Å². The van der Waals surface area contributed by atoms with E-state index in [1.807, 2.05) is 32.6 Å². The zero-order valence-electron chi connectivity index (χ0n) is 12.5. The highest BCUT2D eigenvalue weighted by atomic mass is 16.6. The number of nitro groups is 1. The molecular weight excluding hydrogens is 256 g/mol. The highest BCUT2D eigenvalue weighted by Gasteiger charge is 2.24. The fourth-order valence-corrected chi connectivity index (χ4v) is 2.10. The molecule has 0 saturated heterocycles. The number of non-ortho nitro benzene ring substituents is 1. The molecule has 0 aliphatic rings. The van der Waals surface area contributed by atoms with Crippen molar-refractivity contribution in [1.82, 2.24) is 4.90 Å². The van der Waals surface area contributed by atoms with Gasteiger partial charge in [-0.2, -0.15) is 0 Å². The topological polar surface area (TPSA) is 63.5 Å². The van der Waals surface area contributed by atoms with E-state index in [0.717, 1.165) is 12.8 Å². The summed E-state index contributed by atoms with van der Waals surface area (Å²) in [5.74, 6) is -0.0661. The molecule has 1 aromatic rings. The van der Waals surface area contributed by atoms with Crippen LogP contribution in [-0.2, 0) is 0 Å². The van der Waals surface area contributed by atoms with Crippen LogP contribution in [0.25, 0.3) is 0 Å². The molecule has 110 valence electrons. The maximum atomic E-state index is 12.6. The van der Waals surface area contributed by atoms with Crippen LogP contribution in [0.15, 0.2) is 24.3 Å². The molecule has 5 heteroatoms. The van der Waals surface area contributed by atoms with Gasteiger partial charge >= 0.3 is 0 Å². The monoisotopic (exact) mass is 278 g/mol. The van der Waals surface area contributed by atoms with Gasteiger partial charge in [-0.3, -0.25) is 14.9 Å². The smallest absolute Gasteiger partial charge is 0.269 e. The fraction of sp³-hybridized carbons (Fsp3) is 0.533. The quantitative estimate of drug-likeness (QED) is 0.589. The van der Waals surface area contributed by atoms with Crippen LogP contribution in [0.4, 0.5) is 5.69 Å². The third-order valence-corrected chi connectivity index (χ3v) is 3.69. The molecule has 20 heavy (non-hydrogen) atoms. The summed E-state index contributed by atoms with van der Waals surface area (Å²) < 4.78 is 0. The van der Waals surface area contributed by atoms with Crippen LogP contribution >= 0.6 is 0 Å². The first-order valence-electron chi connectivity index (χ1n) is 6.99. The van der Waals surface area contributed by atoms with Gasteiger partial charge in [0.25, 0.3) is 11.6 Å². The third-order valence-electron chi connectivity index (χ3n) is 3.69. The second kappa shape index (κ2) is 7.03. The van der Waals surface area contributed by atoms with E-state index >= 15 is 0 Å². The predicted molar refractivity (Wildman–Crippen MR) is 78.8 cm³/mol. The molecule has 0 saturated carbocycles. The summed E-state index contributed by atoms with van der Waals surface area (Å²) in [6.45, 7) is 8.14. The van der Waals surface area contributed by atoms with Crippen molar-refractivity contribution in [3.63, 3.8) is 0 Å². The van der Waals surface area contributed by atoms with Gasteiger partial charge in [-0.25, -0.2) is 0 Å². The first-order valence-corrected chi connectivity index (χ1v) is 6.99. The van der Waals surface area contributed by atoms with E-state index < -0.39 is 4.92 Å². The van der Waals surface area contributed by atoms with Crippen LogP contribution in [0.5, 0.6) is 0 Å². The molecular formula is C15H22N2O3. The van der Waals surface area contributed by atoms with Crippen molar-refractivity contribution in [1.29, 1.82) is 0 Å². The Balaban J connectivity index is 3.02. The summed E-state index contributed by atoms with van der Waals surface area (Å²) in [5, 5.41) is 10.6. The standard InChI is InChI=1S/C15H22N2O3/c1-5-11(3)16(12(4)6-2)15(18)13-7-9-14(10-8-13)17(19)20/h7-12H,5-6H2,1-4H3/t11-,12+. The Bertz CT molecular complexity index is 461. The van der Waals surface area contributed by atoms with E-state index in [-0.39, 0.29) is 23.7 Å². The lowest BCUT2D eigenvalue weighted by molar-refractivity contribution is -0.384. The fourth-order valence-electron chi connectivity index (χ4n) is 2.10. The van der Waals surface area contributed by atoms with E-state index in [0.29, 0.717) is 5.56 Å². The van der Waals surface area contributed by atoms with Crippen LogP contribution in [0.3, 0.4) is 0 Å². The second-order valence-electron chi connectivity index (χ2n) is 5.03. The number of nitrogens with zero attached hydrogens (tertiary/aromatic N) is 2. The van der Waals surface area contributed by atoms with E-state index in [9.17, 15) is 14.9 Å². The Morgan fingerprint density at radius 1 is 1.15 bits per heavy atom. The first kappa shape index (κ1) is 16.1. The summed E-state index contributed by atoms with van der Waals surface area (Å²) in [6.07, 6.45) is 1.76. The van der Waals surface area contributed by atoms with Crippen LogP contribution in [0.2, 0.25) is 0 Å². The number of nitro benzene ring substituents is 1. The van der Waals surface area contributed by atoms with Crippen molar-refractivity contribution in [2.45, 2.75) is 52.6 Å². The number of benzene rings is 1. The molecule has 0 aliphatic heterocycles. The normalized spacial score (nSPS) is 13.6.